The summed E-state index contributed by atoms with van der Waals surface area (Å²) in [6.07, 6.45) is 1.04. The van der Waals surface area contributed by atoms with Crippen molar-refractivity contribution < 1.29 is 4.74 Å². The maximum absolute atomic E-state index is 5.19. The van der Waals surface area contributed by atoms with E-state index in [0.717, 1.165) is 18.7 Å². The molecular formula is C17H30N2O. The van der Waals surface area contributed by atoms with Gasteiger partial charge in [0.25, 0.3) is 0 Å². The summed E-state index contributed by atoms with van der Waals surface area (Å²) in [5.41, 5.74) is 1.35. The standard InChI is InChI=1S/C17H30N2O/c1-13(2)17(12-19(4)5)18-14(3)11-15-7-9-16(20-6)10-8-15/h7-10,13-14,17-18H,11-12H2,1-6H3. The molecule has 20 heavy (non-hydrogen) atoms. The average molecular weight is 278 g/mol. The van der Waals surface area contributed by atoms with Gasteiger partial charge in [0.15, 0.2) is 0 Å². The lowest BCUT2D eigenvalue weighted by atomic mass is 10.0. The summed E-state index contributed by atoms with van der Waals surface area (Å²) in [6, 6.07) is 9.35. The zero-order valence-corrected chi connectivity index (χ0v) is 13.8. The molecule has 1 aromatic carbocycles. The maximum atomic E-state index is 5.19. The molecule has 0 heterocycles. The van der Waals surface area contributed by atoms with Crippen LogP contribution < -0.4 is 10.1 Å². The zero-order valence-electron chi connectivity index (χ0n) is 13.8. The minimum atomic E-state index is 0.468. The molecule has 0 radical (unpaired) electrons. The third-order valence-electron chi connectivity index (χ3n) is 3.57. The second-order valence-electron chi connectivity index (χ2n) is 6.23. The number of hydrogen-bond donors (Lipinski definition) is 1. The van der Waals surface area contributed by atoms with Crippen LogP contribution in [0.25, 0.3) is 0 Å². The van der Waals surface area contributed by atoms with Gasteiger partial charge in [-0.2, -0.15) is 0 Å². The molecule has 2 atom stereocenters. The highest BCUT2D eigenvalue weighted by Gasteiger charge is 2.16. The largest absolute Gasteiger partial charge is 0.497 e. The first kappa shape index (κ1) is 17.0. The van der Waals surface area contributed by atoms with E-state index in [4.69, 9.17) is 4.74 Å². The monoisotopic (exact) mass is 278 g/mol. The highest BCUT2D eigenvalue weighted by atomic mass is 16.5. The molecule has 1 aromatic rings. The topological polar surface area (TPSA) is 24.5 Å². The lowest BCUT2D eigenvalue weighted by molar-refractivity contribution is 0.272. The van der Waals surface area contributed by atoms with Gasteiger partial charge < -0.3 is 15.0 Å². The van der Waals surface area contributed by atoms with Gasteiger partial charge in [-0.1, -0.05) is 26.0 Å². The fourth-order valence-corrected chi connectivity index (χ4v) is 2.39. The molecule has 0 saturated heterocycles. The summed E-state index contributed by atoms with van der Waals surface area (Å²) in [6.45, 7) is 7.89. The van der Waals surface area contributed by atoms with Crippen molar-refractivity contribution in [2.75, 3.05) is 27.7 Å². The van der Waals surface area contributed by atoms with E-state index in [1.165, 1.54) is 5.56 Å². The van der Waals surface area contributed by atoms with Gasteiger partial charge in [-0.3, -0.25) is 0 Å². The van der Waals surface area contributed by atoms with Crippen molar-refractivity contribution in [3.05, 3.63) is 29.8 Å². The van der Waals surface area contributed by atoms with Crippen LogP contribution in [0.4, 0.5) is 0 Å². The number of nitrogens with one attached hydrogen (secondary N) is 1. The predicted octanol–water partition coefficient (Wildman–Crippen LogP) is 2.80. The Morgan fingerprint density at radius 1 is 1.10 bits per heavy atom. The van der Waals surface area contributed by atoms with Gasteiger partial charge in [0.2, 0.25) is 0 Å². The summed E-state index contributed by atoms with van der Waals surface area (Å²) in [7, 11) is 5.96. The van der Waals surface area contributed by atoms with E-state index in [0.29, 0.717) is 18.0 Å². The van der Waals surface area contributed by atoms with Crippen molar-refractivity contribution in [2.24, 2.45) is 5.92 Å². The minimum Gasteiger partial charge on any atom is -0.497 e. The van der Waals surface area contributed by atoms with E-state index in [1.807, 2.05) is 12.1 Å². The van der Waals surface area contributed by atoms with Crippen molar-refractivity contribution in [1.29, 1.82) is 0 Å². The molecular weight excluding hydrogens is 248 g/mol. The highest BCUT2D eigenvalue weighted by molar-refractivity contribution is 5.27. The molecule has 0 saturated carbocycles. The van der Waals surface area contributed by atoms with Crippen molar-refractivity contribution in [2.45, 2.75) is 39.3 Å². The van der Waals surface area contributed by atoms with E-state index >= 15 is 0 Å². The Morgan fingerprint density at radius 3 is 2.15 bits per heavy atom. The second-order valence-corrected chi connectivity index (χ2v) is 6.23. The van der Waals surface area contributed by atoms with Gasteiger partial charge in [0, 0.05) is 18.6 Å². The third kappa shape index (κ3) is 5.93. The Morgan fingerprint density at radius 2 is 1.70 bits per heavy atom. The molecule has 0 amide bonds. The second kappa shape index (κ2) is 8.28. The van der Waals surface area contributed by atoms with Crippen molar-refractivity contribution in [3.8, 4) is 5.75 Å². The van der Waals surface area contributed by atoms with Crippen molar-refractivity contribution in [1.82, 2.24) is 10.2 Å². The number of rotatable bonds is 8. The number of methoxy groups -OCH3 is 1. The van der Waals surface area contributed by atoms with Crippen LogP contribution in [0, 0.1) is 5.92 Å². The van der Waals surface area contributed by atoms with E-state index in [1.54, 1.807) is 7.11 Å². The first-order valence-corrected chi connectivity index (χ1v) is 7.46. The number of likely N-dealkylation sites (N-methyl/N-ethyl adjacent to an activating group) is 1. The molecule has 1 N–H and O–H groups in total. The predicted molar refractivity (Wildman–Crippen MR) is 86.5 cm³/mol. The Kier molecular flexibility index (Phi) is 7.03. The van der Waals surface area contributed by atoms with E-state index in [-0.39, 0.29) is 0 Å². The normalized spacial score (nSPS) is 14.6. The van der Waals surface area contributed by atoms with Gasteiger partial charge in [-0.25, -0.2) is 0 Å². The Bertz CT molecular complexity index is 373. The van der Waals surface area contributed by atoms with Crippen LogP contribution in [0.3, 0.4) is 0 Å². The van der Waals surface area contributed by atoms with E-state index in [2.05, 4.69) is 57.2 Å². The molecule has 0 spiro atoms. The summed E-state index contributed by atoms with van der Waals surface area (Å²) < 4.78 is 5.19. The molecule has 0 bridgehead atoms. The molecule has 114 valence electrons. The van der Waals surface area contributed by atoms with Crippen LogP contribution in [0.5, 0.6) is 5.75 Å². The molecule has 0 aliphatic heterocycles. The molecule has 0 fully saturated rings. The third-order valence-corrected chi connectivity index (χ3v) is 3.57. The molecule has 3 nitrogen and oxygen atoms in total. The fourth-order valence-electron chi connectivity index (χ4n) is 2.39. The lowest BCUT2D eigenvalue weighted by Crippen LogP contribution is -2.46. The molecule has 1 rings (SSSR count). The van der Waals surface area contributed by atoms with Crippen molar-refractivity contribution >= 4 is 0 Å². The van der Waals surface area contributed by atoms with Crippen LogP contribution in [0.2, 0.25) is 0 Å². The summed E-state index contributed by atoms with van der Waals surface area (Å²) in [4.78, 5) is 2.25. The number of hydrogen-bond acceptors (Lipinski definition) is 3. The average Bonchev–Trinajstić information content (AvgIpc) is 2.38. The van der Waals surface area contributed by atoms with E-state index in [9.17, 15) is 0 Å². The van der Waals surface area contributed by atoms with Crippen LogP contribution >= 0.6 is 0 Å². The SMILES string of the molecule is COc1ccc(CC(C)NC(CN(C)C)C(C)C)cc1. The first-order valence-electron chi connectivity index (χ1n) is 7.46. The first-order chi connectivity index (χ1) is 9.42. The Labute approximate surface area is 124 Å². The lowest BCUT2D eigenvalue weighted by Gasteiger charge is -2.29. The Balaban J connectivity index is 2.53. The molecule has 0 aliphatic carbocycles. The summed E-state index contributed by atoms with van der Waals surface area (Å²) in [5, 5.41) is 3.75. The van der Waals surface area contributed by atoms with Crippen LogP contribution in [0.1, 0.15) is 26.3 Å². The van der Waals surface area contributed by atoms with Gasteiger partial charge in [-0.05, 0) is 51.1 Å². The van der Waals surface area contributed by atoms with Crippen LogP contribution in [0.15, 0.2) is 24.3 Å². The highest BCUT2D eigenvalue weighted by Crippen LogP contribution is 2.13. The molecule has 0 aliphatic rings. The summed E-state index contributed by atoms with van der Waals surface area (Å²) >= 11 is 0. The number of benzene rings is 1. The number of nitrogens with zero attached hydrogens (tertiary/aromatic N) is 1. The molecule has 3 heteroatoms. The minimum absolute atomic E-state index is 0.468. The fraction of sp³-hybridized carbons (Fsp3) is 0.647. The van der Waals surface area contributed by atoms with Gasteiger partial charge in [0.05, 0.1) is 7.11 Å². The van der Waals surface area contributed by atoms with Crippen molar-refractivity contribution in [3.63, 3.8) is 0 Å². The summed E-state index contributed by atoms with van der Waals surface area (Å²) in [5.74, 6) is 1.55. The zero-order chi connectivity index (χ0) is 15.1. The smallest absolute Gasteiger partial charge is 0.118 e. The maximum Gasteiger partial charge on any atom is 0.118 e. The van der Waals surface area contributed by atoms with Crippen LogP contribution in [-0.4, -0.2) is 44.7 Å². The Hall–Kier alpha value is -1.06. The van der Waals surface area contributed by atoms with Gasteiger partial charge in [-0.15, -0.1) is 0 Å². The molecule has 0 aromatic heterocycles. The van der Waals surface area contributed by atoms with Gasteiger partial charge >= 0.3 is 0 Å². The molecule has 2 unspecified atom stereocenters. The number of ether oxygens (including phenoxy) is 1. The van der Waals surface area contributed by atoms with Crippen LogP contribution in [-0.2, 0) is 6.42 Å². The van der Waals surface area contributed by atoms with Gasteiger partial charge in [0.1, 0.15) is 5.75 Å². The van der Waals surface area contributed by atoms with E-state index < -0.39 is 0 Å². The quantitative estimate of drug-likeness (QED) is 0.791.